The number of halogens is 1. The molecule has 3 nitrogen and oxygen atoms in total. The van der Waals surface area contributed by atoms with E-state index >= 15 is 0 Å². The van der Waals surface area contributed by atoms with E-state index in [9.17, 15) is 0 Å². The summed E-state index contributed by atoms with van der Waals surface area (Å²) in [6.07, 6.45) is 5.71. The van der Waals surface area contributed by atoms with Gasteiger partial charge < -0.3 is 0 Å². The van der Waals surface area contributed by atoms with Crippen LogP contribution in [-0.2, 0) is 5.54 Å². The Hall–Kier alpha value is -0.830. The zero-order valence-electron chi connectivity index (χ0n) is 7.20. The van der Waals surface area contributed by atoms with E-state index in [2.05, 4.69) is 16.9 Å². The maximum atomic E-state index is 5.73. The molecule has 0 unspecified atom stereocenters. The Labute approximate surface area is 81.4 Å². The lowest BCUT2D eigenvalue weighted by Crippen LogP contribution is -2.59. The summed E-state index contributed by atoms with van der Waals surface area (Å²) in [7, 11) is 0. The van der Waals surface area contributed by atoms with Crippen LogP contribution in [0.5, 0.6) is 0 Å². The maximum Gasteiger partial charge on any atom is 0.123 e. The lowest BCUT2D eigenvalue weighted by atomic mass is 9.50. The molecule has 3 saturated carbocycles. The molecule has 0 spiro atoms. The van der Waals surface area contributed by atoms with E-state index < -0.39 is 0 Å². The van der Waals surface area contributed by atoms with Gasteiger partial charge in [0.05, 0.1) is 16.8 Å². The fourth-order valence-corrected chi connectivity index (χ4v) is 2.42. The lowest BCUT2D eigenvalue weighted by Gasteiger charge is -2.61. The van der Waals surface area contributed by atoms with Gasteiger partial charge in [-0.05, 0) is 25.2 Å². The van der Waals surface area contributed by atoms with Crippen molar-refractivity contribution >= 4 is 16.6 Å². The van der Waals surface area contributed by atoms with Crippen LogP contribution in [0, 0.1) is 5.92 Å². The minimum absolute atomic E-state index is 0.308. The minimum Gasteiger partial charge on any atom is -0.246 e. The zero-order valence-corrected chi connectivity index (χ0v) is 7.96. The van der Waals surface area contributed by atoms with Crippen molar-refractivity contribution in [3.05, 3.63) is 18.5 Å². The highest BCUT2D eigenvalue weighted by Crippen LogP contribution is 2.61. The molecule has 2 bridgehead atoms. The maximum absolute atomic E-state index is 5.73. The van der Waals surface area contributed by atoms with Gasteiger partial charge in [-0.3, -0.25) is 0 Å². The lowest BCUT2D eigenvalue weighted by molar-refractivity contribution is -0.0988. The molecule has 0 saturated heterocycles. The summed E-state index contributed by atoms with van der Waals surface area (Å²) in [5.74, 6) is 0.951. The van der Waals surface area contributed by atoms with Crippen LogP contribution in [0.2, 0.25) is 0 Å². The number of rotatable bonds is 2. The van der Waals surface area contributed by atoms with Crippen molar-refractivity contribution in [1.29, 1.82) is 0 Å². The van der Waals surface area contributed by atoms with Gasteiger partial charge in [-0.2, -0.15) is 0 Å². The first-order valence-corrected chi connectivity index (χ1v) is 4.85. The van der Waals surface area contributed by atoms with Gasteiger partial charge in [0.15, 0.2) is 0 Å². The molecular weight excluding hydrogens is 186 g/mol. The summed E-state index contributed by atoms with van der Waals surface area (Å²) >= 11 is 5.73. The van der Waals surface area contributed by atoms with Crippen LogP contribution in [0.4, 0.5) is 0 Å². The first kappa shape index (κ1) is 7.56. The summed E-state index contributed by atoms with van der Waals surface area (Å²) in [6, 6.07) is 0. The van der Waals surface area contributed by atoms with E-state index in [1.807, 2.05) is 10.9 Å². The third-order valence-electron chi connectivity index (χ3n) is 3.26. The number of aromatic nitrogens is 3. The van der Waals surface area contributed by atoms with E-state index in [1.165, 1.54) is 19.3 Å². The second kappa shape index (κ2) is 2.15. The Kier molecular flexibility index (Phi) is 1.25. The highest BCUT2D eigenvalue weighted by Gasteiger charge is 2.58. The summed E-state index contributed by atoms with van der Waals surface area (Å²) in [6.45, 7) is 3.63. The normalized spacial score (nSPS) is 35.0. The molecule has 1 heterocycles. The molecule has 1 aromatic heterocycles. The molecule has 3 fully saturated rings. The van der Waals surface area contributed by atoms with Crippen LogP contribution >= 0.6 is 11.6 Å². The van der Waals surface area contributed by atoms with Crippen molar-refractivity contribution in [2.45, 2.75) is 24.8 Å². The summed E-state index contributed by atoms with van der Waals surface area (Å²) < 4.78 is 1.97. The summed E-state index contributed by atoms with van der Waals surface area (Å²) in [5, 5.41) is 8.53. The zero-order chi connectivity index (χ0) is 9.05. The van der Waals surface area contributed by atoms with Gasteiger partial charge in [0.25, 0.3) is 0 Å². The molecule has 1 aromatic rings. The van der Waals surface area contributed by atoms with Gasteiger partial charge in [-0.15, -0.1) is 5.10 Å². The van der Waals surface area contributed by atoms with Gasteiger partial charge >= 0.3 is 0 Å². The predicted octanol–water partition coefficient (Wildman–Crippen LogP) is 2.00. The smallest absolute Gasteiger partial charge is 0.123 e. The second-order valence-electron chi connectivity index (χ2n) is 4.16. The summed E-state index contributed by atoms with van der Waals surface area (Å²) in [5.41, 5.74) is 1.01. The quantitative estimate of drug-likeness (QED) is 0.723. The minimum atomic E-state index is 0.308. The van der Waals surface area contributed by atoms with Gasteiger partial charge in [0.1, 0.15) is 5.69 Å². The topological polar surface area (TPSA) is 30.7 Å². The molecule has 0 radical (unpaired) electrons. The number of hydrogen-bond donors (Lipinski definition) is 0. The van der Waals surface area contributed by atoms with Crippen LogP contribution in [-0.4, -0.2) is 15.0 Å². The average molecular weight is 196 g/mol. The van der Waals surface area contributed by atoms with Crippen LogP contribution in [0.25, 0.3) is 5.03 Å². The number of nitrogens with zero attached hydrogens (tertiary/aromatic N) is 3. The molecule has 0 aliphatic heterocycles. The van der Waals surface area contributed by atoms with Crippen LogP contribution < -0.4 is 0 Å². The standard InChI is InChI=1S/C9H10ClN3/c1-6(10)8-5-13(12-11-8)9-2-7(3-9)4-9/h5,7H,1-4H2. The molecule has 4 rings (SSSR count). The Morgan fingerprint density at radius 2 is 2.31 bits per heavy atom. The summed E-state index contributed by atoms with van der Waals surface area (Å²) in [4.78, 5) is 0. The van der Waals surface area contributed by atoms with Gasteiger partial charge in [-0.1, -0.05) is 23.4 Å². The molecule has 3 aliphatic carbocycles. The molecular formula is C9H10ClN3. The monoisotopic (exact) mass is 195 g/mol. The third kappa shape index (κ3) is 0.854. The average Bonchev–Trinajstić information content (AvgIpc) is 2.28. The van der Waals surface area contributed by atoms with Gasteiger partial charge in [-0.25, -0.2) is 4.68 Å². The third-order valence-corrected chi connectivity index (χ3v) is 3.46. The predicted molar refractivity (Wildman–Crippen MR) is 50.2 cm³/mol. The van der Waals surface area contributed by atoms with E-state index in [0.717, 1.165) is 5.92 Å². The van der Waals surface area contributed by atoms with Gasteiger partial charge in [0.2, 0.25) is 0 Å². The van der Waals surface area contributed by atoms with Gasteiger partial charge in [0, 0.05) is 0 Å². The molecule has 13 heavy (non-hydrogen) atoms. The highest BCUT2D eigenvalue weighted by molar-refractivity contribution is 6.47. The van der Waals surface area contributed by atoms with Crippen LogP contribution in [0.15, 0.2) is 12.8 Å². The van der Waals surface area contributed by atoms with Crippen molar-refractivity contribution in [3.63, 3.8) is 0 Å². The molecule has 4 heteroatoms. The SMILES string of the molecule is C=C(Cl)c1cn(C23CC(C2)C3)nn1. The van der Waals surface area contributed by atoms with E-state index in [4.69, 9.17) is 11.6 Å². The molecule has 0 N–H and O–H groups in total. The molecule has 3 aliphatic rings. The Balaban J connectivity index is 1.93. The fraction of sp³-hybridized carbons (Fsp3) is 0.556. The second-order valence-corrected chi connectivity index (χ2v) is 4.61. The first-order valence-electron chi connectivity index (χ1n) is 4.47. The van der Waals surface area contributed by atoms with Crippen molar-refractivity contribution in [2.24, 2.45) is 5.92 Å². The molecule has 0 aromatic carbocycles. The Morgan fingerprint density at radius 1 is 1.62 bits per heavy atom. The van der Waals surface area contributed by atoms with E-state index in [0.29, 0.717) is 16.3 Å². The van der Waals surface area contributed by atoms with Crippen LogP contribution in [0.1, 0.15) is 25.0 Å². The molecule has 68 valence electrons. The van der Waals surface area contributed by atoms with Crippen LogP contribution in [0.3, 0.4) is 0 Å². The Bertz CT molecular complexity index is 365. The first-order chi connectivity index (χ1) is 6.20. The van der Waals surface area contributed by atoms with E-state index in [-0.39, 0.29) is 0 Å². The van der Waals surface area contributed by atoms with Crippen molar-refractivity contribution < 1.29 is 0 Å². The fourth-order valence-electron chi connectivity index (χ4n) is 2.33. The largest absolute Gasteiger partial charge is 0.246 e. The molecule has 0 amide bonds. The highest BCUT2D eigenvalue weighted by atomic mass is 35.5. The van der Waals surface area contributed by atoms with E-state index in [1.54, 1.807) is 0 Å². The number of hydrogen-bond acceptors (Lipinski definition) is 2. The van der Waals surface area contributed by atoms with Crippen molar-refractivity contribution in [2.75, 3.05) is 0 Å². The van der Waals surface area contributed by atoms with Crippen molar-refractivity contribution in [1.82, 2.24) is 15.0 Å². The Morgan fingerprint density at radius 3 is 2.69 bits per heavy atom. The van der Waals surface area contributed by atoms with Crippen molar-refractivity contribution in [3.8, 4) is 0 Å². The molecule has 0 atom stereocenters.